The van der Waals surface area contributed by atoms with Gasteiger partial charge in [0.15, 0.2) is 5.43 Å². The van der Waals surface area contributed by atoms with Gasteiger partial charge in [-0.1, -0.05) is 81.5 Å². The molecule has 0 radical (unpaired) electrons. The van der Waals surface area contributed by atoms with E-state index in [4.69, 9.17) is 4.74 Å². The maximum absolute atomic E-state index is 13.1. The van der Waals surface area contributed by atoms with Crippen molar-refractivity contribution in [3.05, 3.63) is 70.4 Å². The van der Waals surface area contributed by atoms with E-state index < -0.39 is 0 Å². The van der Waals surface area contributed by atoms with Crippen LogP contribution in [0.4, 0.5) is 0 Å². The van der Waals surface area contributed by atoms with Crippen molar-refractivity contribution < 1.29 is 4.74 Å². The van der Waals surface area contributed by atoms with E-state index in [0.717, 1.165) is 39.1 Å². The van der Waals surface area contributed by atoms with E-state index in [2.05, 4.69) is 19.1 Å². The Balaban J connectivity index is 1.75. The Morgan fingerprint density at radius 1 is 0.852 bits per heavy atom. The van der Waals surface area contributed by atoms with Gasteiger partial charge < -0.3 is 4.74 Å². The number of hydrogen-bond donors (Lipinski definition) is 0. The van der Waals surface area contributed by atoms with Crippen LogP contribution in [0, 0.1) is 0 Å². The van der Waals surface area contributed by atoms with Crippen molar-refractivity contribution in [1.29, 1.82) is 0 Å². The first-order valence-electron chi connectivity index (χ1n) is 9.99. The molecule has 0 amide bonds. The van der Waals surface area contributed by atoms with E-state index >= 15 is 0 Å². The molecule has 2 nitrogen and oxygen atoms in total. The molecule has 0 fully saturated rings. The highest BCUT2D eigenvalue weighted by Gasteiger charge is 2.14. The SMILES string of the molecule is CCCCCCCCOCc1c(-c2ccccc2)sc2ccccc2c1=O. The smallest absolute Gasteiger partial charge is 0.194 e. The van der Waals surface area contributed by atoms with Gasteiger partial charge in [0.05, 0.1) is 6.61 Å². The standard InChI is InChI=1S/C24H28O2S/c1-2-3-4-5-6-12-17-26-18-21-23(25)20-15-10-11-16-22(20)27-24(21)19-13-8-7-9-14-19/h7-11,13-16H,2-6,12,17-18H2,1H3. The van der Waals surface area contributed by atoms with Crippen molar-refractivity contribution in [2.45, 2.75) is 52.1 Å². The molecule has 3 rings (SSSR count). The Morgan fingerprint density at radius 2 is 1.56 bits per heavy atom. The first kappa shape index (κ1) is 19.8. The van der Waals surface area contributed by atoms with Crippen molar-refractivity contribution in [2.24, 2.45) is 0 Å². The fraction of sp³-hybridized carbons (Fsp3) is 0.375. The van der Waals surface area contributed by atoms with Crippen LogP contribution in [0.3, 0.4) is 0 Å². The molecule has 0 N–H and O–H groups in total. The summed E-state index contributed by atoms with van der Waals surface area (Å²) in [5, 5.41) is 0.792. The van der Waals surface area contributed by atoms with E-state index in [-0.39, 0.29) is 5.43 Å². The van der Waals surface area contributed by atoms with Gasteiger partial charge in [-0.15, -0.1) is 11.3 Å². The van der Waals surface area contributed by atoms with E-state index in [1.807, 2.05) is 42.5 Å². The minimum Gasteiger partial charge on any atom is -0.377 e. The van der Waals surface area contributed by atoms with Crippen LogP contribution < -0.4 is 5.43 Å². The predicted octanol–water partition coefficient (Wildman–Crippen LogP) is 6.81. The van der Waals surface area contributed by atoms with Crippen LogP contribution >= 0.6 is 11.3 Å². The number of benzene rings is 2. The first-order valence-corrected chi connectivity index (χ1v) is 10.8. The van der Waals surface area contributed by atoms with Crippen molar-refractivity contribution in [2.75, 3.05) is 6.61 Å². The zero-order valence-electron chi connectivity index (χ0n) is 16.1. The normalized spacial score (nSPS) is 11.1. The summed E-state index contributed by atoms with van der Waals surface area (Å²) in [7, 11) is 0. The molecule has 0 aliphatic heterocycles. The Kier molecular flexibility index (Phi) is 7.61. The lowest BCUT2D eigenvalue weighted by Gasteiger charge is -2.11. The zero-order valence-corrected chi connectivity index (χ0v) is 16.9. The number of hydrogen-bond acceptors (Lipinski definition) is 3. The van der Waals surface area contributed by atoms with Crippen LogP contribution in [0.25, 0.3) is 20.5 Å². The Hall–Kier alpha value is -1.97. The number of unbranched alkanes of at least 4 members (excludes halogenated alkanes) is 5. The van der Waals surface area contributed by atoms with Crippen LogP contribution in [0.1, 0.15) is 51.0 Å². The second-order valence-corrected chi connectivity index (χ2v) is 7.97. The largest absolute Gasteiger partial charge is 0.377 e. The molecule has 142 valence electrons. The van der Waals surface area contributed by atoms with Crippen molar-refractivity contribution >= 4 is 21.4 Å². The molecular formula is C24H28O2S. The molecule has 2 aromatic carbocycles. The summed E-state index contributed by atoms with van der Waals surface area (Å²) in [5.74, 6) is 0. The summed E-state index contributed by atoms with van der Waals surface area (Å²) >= 11 is 1.68. The van der Waals surface area contributed by atoms with Gasteiger partial charge in [0.25, 0.3) is 0 Å². The third kappa shape index (κ3) is 5.27. The van der Waals surface area contributed by atoms with Gasteiger partial charge in [0.2, 0.25) is 0 Å². The topological polar surface area (TPSA) is 26.3 Å². The van der Waals surface area contributed by atoms with Gasteiger partial charge in [-0.05, 0) is 24.1 Å². The average molecular weight is 381 g/mol. The Labute approximate surface area is 165 Å². The lowest BCUT2D eigenvalue weighted by atomic mass is 10.1. The monoisotopic (exact) mass is 380 g/mol. The third-order valence-corrected chi connectivity index (χ3v) is 6.08. The fourth-order valence-corrected chi connectivity index (χ4v) is 4.46. The summed E-state index contributed by atoms with van der Waals surface area (Å²) in [6, 6.07) is 18.0. The summed E-state index contributed by atoms with van der Waals surface area (Å²) in [5.41, 5.74) is 1.98. The summed E-state index contributed by atoms with van der Waals surface area (Å²) < 4.78 is 6.95. The second kappa shape index (κ2) is 10.4. The Morgan fingerprint density at radius 3 is 2.37 bits per heavy atom. The van der Waals surface area contributed by atoms with Crippen LogP contribution in [-0.2, 0) is 11.3 Å². The third-order valence-electron chi connectivity index (χ3n) is 4.82. The highest BCUT2D eigenvalue weighted by molar-refractivity contribution is 7.21. The molecular weight excluding hydrogens is 352 g/mol. The molecule has 0 aliphatic rings. The second-order valence-electron chi connectivity index (χ2n) is 6.92. The van der Waals surface area contributed by atoms with Gasteiger partial charge >= 0.3 is 0 Å². The van der Waals surface area contributed by atoms with Gasteiger partial charge in [0.1, 0.15) is 0 Å². The summed E-state index contributed by atoms with van der Waals surface area (Å²) in [6.07, 6.45) is 7.45. The average Bonchev–Trinajstić information content (AvgIpc) is 2.72. The van der Waals surface area contributed by atoms with Crippen molar-refractivity contribution in [1.82, 2.24) is 0 Å². The summed E-state index contributed by atoms with van der Waals surface area (Å²) in [4.78, 5) is 14.1. The first-order chi connectivity index (χ1) is 13.3. The van der Waals surface area contributed by atoms with Crippen LogP contribution in [0.5, 0.6) is 0 Å². The lowest BCUT2D eigenvalue weighted by Crippen LogP contribution is -2.12. The zero-order chi connectivity index (χ0) is 18.9. The van der Waals surface area contributed by atoms with E-state index in [9.17, 15) is 4.79 Å². The fourth-order valence-electron chi connectivity index (χ4n) is 3.29. The van der Waals surface area contributed by atoms with E-state index in [0.29, 0.717) is 6.61 Å². The highest BCUT2D eigenvalue weighted by Crippen LogP contribution is 2.31. The van der Waals surface area contributed by atoms with Gasteiger partial charge in [-0.3, -0.25) is 4.79 Å². The van der Waals surface area contributed by atoms with E-state index in [1.54, 1.807) is 11.3 Å². The molecule has 0 bridgehead atoms. The molecule has 0 atom stereocenters. The molecule has 1 heterocycles. The van der Waals surface area contributed by atoms with Gasteiger partial charge in [0, 0.05) is 27.1 Å². The lowest BCUT2D eigenvalue weighted by molar-refractivity contribution is 0.116. The molecule has 1 aromatic heterocycles. The van der Waals surface area contributed by atoms with E-state index in [1.165, 1.54) is 32.1 Å². The van der Waals surface area contributed by atoms with Crippen LogP contribution in [-0.4, -0.2) is 6.61 Å². The number of fused-ring (bicyclic) bond motifs is 1. The molecule has 0 saturated heterocycles. The maximum atomic E-state index is 13.1. The quantitative estimate of drug-likeness (QED) is 0.361. The van der Waals surface area contributed by atoms with Crippen molar-refractivity contribution in [3.63, 3.8) is 0 Å². The minimum absolute atomic E-state index is 0.103. The predicted molar refractivity (Wildman–Crippen MR) is 117 cm³/mol. The molecule has 3 aromatic rings. The number of rotatable bonds is 10. The molecule has 3 heteroatoms. The Bertz CT molecular complexity index is 899. The van der Waals surface area contributed by atoms with Crippen LogP contribution in [0.15, 0.2) is 59.4 Å². The van der Waals surface area contributed by atoms with Gasteiger partial charge in [-0.2, -0.15) is 0 Å². The number of ether oxygens (including phenoxy) is 1. The maximum Gasteiger partial charge on any atom is 0.194 e. The molecule has 0 aliphatic carbocycles. The molecule has 0 saturated carbocycles. The molecule has 0 spiro atoms. The van der Waals surface area contributed by atoms with Crippen molar-refractivity contribution in [3.8, 4) is 10.4 Å². The molecule has 27 heavy (non-hydrogen) atoms. The minimum atomic E-state index is 0.103. The van der Waals surface area contributed by atoms with Crippen LogP contribution in [0.2, 0.25) is 0 Å². The summed E-state index contributed by atoms with van der Waals surface area (Å²) in [6.45, 7) is 3.34. The molecule has 0 unspecified atom stereocenters. The van der Waals surface area contributed by atoms with Gasteiger partial charge in [-0.25, -0.2) is 0 Å². The highest BCUT2D eigenvalue weighted by atomic mass is 32.1.